The minimum absolute atomic E-state index is 0.272. The van der Waals surface area contributed by atoms with Crippen LogP contribution in [-0.4, -0.2) is 10.8 Å². The van der Waals surface area contributed by atoms with Gasteiger partial charge in [-0.1, -0.05) is 30.3 Å². The number of alkyl halides is 1. The van der Waals surface area contributed by atoms with Crippen LogP contribution in [0.2, 0.25) is 0 Å². The summed E-state index contributed by atoms with van der Waals surface area (Å²) in [6.07, 6.45) is -0.901. The predicted molar refractivity (Wildman–Crippen MR) is 61.3 cm³/mol. The molecule has 1 aromatic carbocycles. The van der Waals surface area contributed by atoms with Gasteiger partial charge in [-0.15, -0.1) is 0 Å². The highest BCUT2D eigenvalue weighted by atomic mass is 127. The van der Waals surface area contributed by atoms with E-state index in [9.17, 15) is 4.79 Å². The molecule has 0 aliphatic heterocycles. The van der Waals surface area contributed by atoms with Gasteiger partial charge in [-0.2, -0.15) is 0 Å². The second-order valence-corrected chi connectivity index (χ2v) is 3.30. The quantitative estimate of drug-likeness (QED) is 0.488. The van der Waals surface area contributed by atoms with Gasteiger partial charge in [0, 0.05) is 0 Å². The van der Waals surface area contributed by atoms with E-state index in [1.54, 1.807) is 0 Å². The molecule has 0 radical (unpaired) electrons. The Kier molecular flexibility index (Phi) is 4.72. The number of carbonyl (C=O) groups is 1. The molecule has 0 aromatic heterocycles. The zero-order valence-electron chi connectivity index (χ0n) is 7.77. The molecule has 0 saturated carbocycles. The smallest absolute Gasteiger partial charge is 0.426 e. The highest BCUT2D eigenvalue weighted by molar-refractivity contribution is 14.1. The number of hydrogen-bond donors (Lipinski definition) is 0. The first-order chi connectivity index (χ1) is 6.74. The lowest BCUT2D eigenvalue weighted by Gasteiger charge is -2.12. The van der Waals surface area contributed by atoms with Crippen molar-refractivity contribution in [3.8, 4) is 0 Å². The van der Waals surface area contributed by atoms with Crippen molar-refractivity contribution in [2.24, 2.45) is 0 Å². The van der Waals surface area contributed by atoms with Crippen LogP contribution in [0.3, 0.4) is 0 Å². The van der Waals surface area contributed by atoms with Gasteiger partial charge in [-0.25, -0.2) is 4.79 Å². The molecule has 1 unspecified atom stereocenters. The lowest BCUT2D eigenvalue weighted by molar-refractivity contribution is 0.0413. The van der Waals surface area contributed by atoms with E-state index in [4.69, 9.17) is 4.74 Å². The lowest BCUT2D eigenvalue weighted by atomic mass is 10.1. The lowest BCUT2D eigenvalue weighted by Crippen LogP contribution is -2.09. The second-order valence-electron chi connectivity index (χ2n) is 2.67. The fourth-order valence-electron chi connectivity index (χ4n) is 1.01. The average molecular weight is 306 g/mol. The number of ether oxygens (including phenoxy) is 2. The van der Waals surface area contributed by atoms with Gasteiger partial charge in [-0.05, 0) is 35.1 Å². The fraction of sp³-hybridized carbons (Fsp3) is 0.300. The molecule has 76 valence electrons. The van der Waals surface area contributed by atoms with E-state index in [-0.39, 0.29) is 6.10 Å². The maximum absolute atomic E-state index is 11.0. The molecule has 3 nitrogen and oxygen atoms in total. The number of carbonyl (C=O) groups excluding carboxylic acids is 1. The molecule has 0 N–H and O–H groups in total. The van der Waals surface area contributed by atoms with Crippen LogP contribution in [0.4, 0.5) is 4.79 Å². The van der Waals surface area contributed by atoms with Gasteiger partial charge in [-0.3, -0.25) is 0 Å². The number of rotatable bonds is 3. The van der Waals surface area contributed by atoms with Gasteiger partial charge >= 0.3 is 6.16 Å². The third-order valence-corrected chi connectivity index (χ3v) is 2.03. The summed E-state index contributed by atoms with van der Waals surface area (Å²) < 4.78 is 9.97. The summed E-state index contributed by atoms with van der Waals surface area (Å²) in [7, 11) is 0. The summed E-state index contributed by atoms with van der Waals surface area (Å²) in [6.45, 7) is 1.81. The highest BCUT2D eigenvalue weighted by Crippen LogP contribution is 2.16. The molecular formula is C10H11IO3. The van der Waals surface area contributed by atoms with E-state index in [0.29, 0.717) is 4.61 Å². The van der Waals surface area contributed by atoms with Crippen molar-refractivity contribution in [3.63, 3.8) is 0 Å². The van der Waals surface area contributed by atoms with Crippen LogP contribution in [0, 0.1) is 0 Å². The van der Waals surface area contributed by atoms with Gasteiger partial charge < -0.3 is 9.47 Å². The van der Waals surface area contributed by atoms with E-state index in [2.05, 4.69) is 4.74 Å². The maximum Gasteiger partial charge on any atom is 0.509 e. The van der Waals surface area contributed by atoms with Crippen molar-refractivity contribution in [1.29, 1.82) is 0 Å². The monoisotopic (exact) mass is 306 g/mol. The van der Waals surface area contributed by atoms with Crippen LogP contribution in [0.25, 0.3) is 0 Å². The van der Waals surface area contributed by atoms with Crippen LogP contribution in [0.5, 0.6) is 0 Å². The summed E-state index contributed by atoms with van der Waals surface area (Å²) >= 11 is 1.94. The Balaban J connectivity index is 2.50. The predicted octanol–water partition coefficient (Wildman–Crippen LogP) is 3.29. The minimum atomic E-state index is -0.629. The molecule has 0 saturated heterocycles. The Labute approximate surface area is 96.5 Å². The minimum Gasteiger partial charge on any atom is -0.426 e. The number of halogens is 1. The van der Waals surface area contributed by atoms with E-state index >= 15 is 0 Å². The third-order valence-electron chi connectivity index (χ3n) is 1.71. The topological polar surface area (TPSA) is 35.5 Å². The largest absolute Gasteiger partial charge is 0.509 e. The summed E-state index contributed by atoms with van der Waals surface area (Å²) in [5.41, 5.74) is 0.956. The van der Waals surface area contributed by atoms with Crippen molar-refractivity contribution in [3.05, 3.63) is 35.9 Å². The molecule has 0 aliphatic carbocycles. The third kappa shape index (κ3) is 3.53. The summed E-state index contributed by atoms with van der Waals surface area (Å²) in [6, 6.07) is 9.53. The Hall–Kier alpha value is -0.780. The number of benzene rings is 1. The van der Waals surface area contributed by atoms with E-state index in [1.807, 2.05) is 59.8 Å². The zero-order valence-corrected chi connectivity index (χ0v) is 9.93. The summed E-state index contributed by atoms with van der Waals surface area (Å²) in [5, 5.41) is 0. The van der Waals surface area contributed by atoms with Crippen LogP contribution in [0.15, 0.2) is 30.3 Å². The van der Waals surface area contributed by atoms with Crippen molar-refractivity contribution >= 4 is 28.7 Å². The van der Waals surface area contributed by atoms with E-state index in [0.717, 1.165) is 5.56 Å². The first-order valence-corrected chi connectivity index (χ1v) is 5.71. The molecule has 1 atom stereocenters. The van der Waals surface area contributed by atoms with Gasteiger partial charge in [0.15, 0.2) is 0 Å². The Bertz CT molecular complexity index is 287. The first-order valence-electron chi connectivity index (χ1n) is 4.18. The molecule has 0 bridgehead atoms. The first kappa shape index (κ1) is 11.3. The fourth-order valence-corrected chi connectivity index (χ4v) is 1.27. The Morgan fingerprint density at radius 2 is 2.07 bits per heavy atom. The Morgan fingerprint density at radius 3 is 2.64 bits per heavy atom. The zero-order chi connectivity index (χ0) is 10.4. The highest BCUT2D eigenvalue weighted by Gasteiger charge is 2.11. The Morgan fingerprint density at radius 1 is 1.43 bits per heavy atom. The van der Waals surface area contributed by atoms with E-state index < -0.39 is 6.16 Å². The van der Waals surface area contributed by atoms with Gasteiger partial charge in [0.2, 0.25) is 0 Å². The molecule has 0 aliphatic rings. The van der Waals surface area contributed by atoms with Crippen LogP contribution in [0.1, 0.15) is 18.6 Å². The van der Waals surface area contributed by atoms with Crippen molar-refractivity contribution in [1.82, 2.24) is 0 Å². The maximum atomic E-state index is 11.0. The van der Waals surface area contributed by atoms with Crippen molar-refractivity contribution < 1.29 is 14.3 Å². The molecular weight excluding hydrogens is 295 g/mol. The molecule has 0 amide bonds. The van der Waals surface area contributed by atoms with Gasteiger partial charge in [0.1, 0.15) is 10.7 Å². The molecule has 4 heteroatoms. The van der Waals surface area contributed by atoms with Gasteiger partial charge in [0.25, 0.3) is 0 Å². The summed E-state index contributed by atoms with van der Waals surface area (Å²) in [5.74, 6) is 0. The molecule has 1 rings (SSSR count). The standard InChI is InChI=1S/C10H11IO3/c1-8(14-10(12)13-7-11)9-5-3-2-4-6-9/h2-6,8H,7H2,1H3. The van der Waals surface area contributed by atoms with Crippen molar-refractivity contribution in [2.45, 2.75) is 13.0 Å². The van der Waals surface area contributed by atoms with Gasteiger partial charge in [0.05, 0.1) is 0 Å². The molecule has 14 heavy (non-hydrogen) atoms. The van der Waals surface area contributed by atoms with Crippen LogP contribution < -0.4 is 0 Å². The molecule has 1 aromatic rings. The molecule has 0 fully saturated rings. The number of hydrogen-bond acceptors (Lipinski definition) is 3. The van der Waals surface area contributed by atoms with Crippen LogP contribution >= 0.6 is 22.6 Å². The SMILES string of the molecule is CC(OC(=O)OCI)c1ccccc1. The normalized spacial score (nSPS) is 11.9. The van der Waals surface area contributed by atoms with E-state index in [1.165, 1.54) is 0 Å². The average Bonchev–Trinajstić information content (AvgIpc) is 2.19. The molecule has 0 heterocycles. The van der Waals surface area contributed by atoms with Crippen LogP contribution in [-0.2, 0) is 9.47 Å². The summed E-state index contributed by atoms with van der Waals surface area (Å²) in [4.78, 5) is 11.0. The second kappa shape index (κ2) is 5.85. The molecule has 0 spiro atoms. The van der Waals surface area contributed by atoms with Crippen molar-refractivity contribution in [2.75, 3.05) is 4.61 Å².